The molecular formula is C8H5BI2O2S. The second kappa shape index (κ2) is 4.24. The van der Waals surface area contributed by atoms with Crippen molar-refractivity contribution in [2.75, 3.05) is 0 Å². The van der Waals surface area contributed by atoms with Gasteiger partial charge in [-0.2, -0.15) is 0 Å². The number of rotatable bonds is 1. The molecule has 1 heterocycles. The Bertz CT molecular complexity index is 483. The summed E-state index contributed by atoms with van der Waals surface area (Å²) in [4.78, 5) is 0. The lowest BCUT2D eigenvalue weighted by molar-refractivity contribution is 0.425. The van der Waals surface area contributed by atoms with E-state index in [4.69, 9.17) is 0 Å². The quantitative estimate of drug-likeness (QED) is 0.536. The van der Waals surface area contributed by atoms with Crippen LogP contribution in [0.1, 0.15) is 0 Å². The van der Waals surface area contributed by atoms with Gasteiger partial charge in [-0.05, 0) is 68.2 Å². The Morgan fingerprint density at radius 2 is 1.93 bits per heavy atom. The van der Waals surface area contributed by atoms with Crippen molar-refractivity contribution in [1.29, 1.82) is 0 Å². The van der Waals surface area contributed by atoms with Crippen LogP contribution in [0.3, 0.4) is 0 Å². The zero-order chi connectivity index (χ0) is 10.3. The first-order chi connectivity index (χ1) is 6.61. The van der Waals surface area contributed by atoms with Crippen LogP contribution < -0.4 is 5.46 Å². The van der Waals surface area contributed by atoms with Crippen molar-refractivity contribution in [1.82, 2.24) is 0 Å². The minimum atomic E-state index is -1.39. The van der Waals surface area contributed by atoms with E-state index in [1.807, 2.05) is 11.4 Å². The smallest absolute Gasteiger partial charge is 0.423 e. The van der Waals surface area contributed by atoms with Gasteiger partial charge in [-0.3, -0.25) is 0 Å². The molecule has 2 aromatic rings. The summed E-state index contributed by atoms with van der Waals surface area (Å²) in [6.07, 6.45) is 0. The number of benzene rings is 1. The maximum absolute atomic E-state index is 9.18. The Morgan fingerprint density at radius 1 is 1.21 bits per heavy atom. The maximum atomic E-state index is 9.18. The lowest BCUT2D eigenvalue weighted by Crippen LogP contribution is -2.32. The molecule has 0 aliphatic carbocycles. The zero-order valence-electron chi connectivity index (χ0n) is 6.87. The molecule has 0 amide bonds. The molecule has 0 atom stereocenters. The summed E-state index contributed by atoms with van der Waals surface area (Å²) in [5.74, 6) is 0. The van der Waals surface area contributed by atoms with Crippen molar-refractivity contribution in [3.63, 3.8) is 0 Å². The van der Waals surface area contributed by atoms with Crippen molar-refractivity contribution in [2.24, 2.45) is 0 Å². The fourth-order valence-electron chi connectivity index (χ4n) is 1.25. The van der Waals surface area contributed by atoms with Crippen LogP contribution in [-0.2, 0) is 0 Å². The van der Waals surface area contributed by atoms with Crippen LogP contribution in [0.4, 0.5) is 0 Å². The predicted octanol–water partition coefficient (Wildman–Crippen LogP) is 1.79. The number of hydrogen-bond donors (Lipinski definition) is 2. The molecule has 2 rings (SSSR count). The molecule has 0 fully saturated rings. The highest BCUT2D eigenvalue weighted by Gasteiger charge is 2.19. The summed E-state index contributed by atoms with van der Waals surface area (Å²) in [6, 6.07) is 3.89. The molecule has 0 unspecified atom stereocenters. The highest BCUT2D eigenvalue weighted by molar-refractivity contribution is 14.1. The van der Waals surface area contributed by atoms with E-state index < -0.39 is 7.12 Å². The van der Waals surface area contributed by atoms with E-state index in [2.05, 4.69) is 51.2 Å². The molecule has 6 heteroatoms. The molecule has 0 spiro atoms. The third kappa shape index (κ3) is 1.82. The van der Waals surface area contributed by atoms with E-state index in [1.165, 1.54) is 5.39 Å². The van der Waals surface area contributed by atoms with E-state index in [-0.39, 0.29) is 0 Å². The van der Waals surface area contributed by atoms with Gasteiger partial charge in [-0.15, -0.1) is 11.3 Å². The Hall–Kier alpha value is 0.625. The Morgan fingerprint density at radius 3 is 2.57 bits per heavy atom. The summed E-state index contributed by atoms with van der Waals surface area (Å²) in [5, 5.41) is 21.6. The van der Waals surface area contributed by atoms with Gasteiger partial charge in [-0.1, -0.05) is 0 Å². The molecule has 0 radical (unpaired) electrons. The van der Waals surface area contributed by atoms with Crippen LogP contribution in [0.5, 0.6) is 0 Å². The summed E-state index contributed by atoms with van der Waals surface area (Å²) in [7, 11) is -1.39. The predicted molar refractivity (Wildman–Crippen MR) is 77.1 cm³/mol. The highest BCUT2D eigenvalue weighted by Crippen LogP contribution is 2.28. The molecule has 2 nitrogen and oxygen atoms in total. The summed E-state index contributed by atoms with van der Waals surface area (Å²) in [6.45, 7) is 0. The third-order valence-electron chi connectivity index (χ3n) is 1.94. The Balaban J connectivity index is 2.80. The van der Waals surface area contributed by atoms with Gasteiger partial charge in [0.05, 0.1) is 0 Å². The van der Waals surface area contributed by atoms with Crippen LogP contribution in [0.2, 0.25) is 0 Å². The molecule has 0 saturated heterocycles. The van der Waals surface area contributed by atoms with E-state index in [0.717, 1.165) is 11.8 Å². The lowest BCUT2D eigenvalue weighted by Gasteiger charge is -2.06. The van der Waals surface area contributed by atoms with E-state index >= 15 is 0 Å². The van der Waals surface area contributed by atoms with Crippen LogP contribution in [0.25, 0.3) is 10.1 Å². The van der Waals surface area contributed by atoms with Gasteiger partial charge in [0.1, 0.15) is 0 Å². The van der Waals surface area contributed by atoms with E-state index in [1.54, 1.807) is 11.3 Å². The van der Waals surface area contributed by atoms with Crippen molar-refractivity contribution in [3.8, 4) is 0 Å². The van der Waals surface area contributed by atoms with Gasteiger partial charge in [0, 0.05) is 17.2 Å². The van der Waals surface area contributed by atoms with Gasteiger partial charge in [0.2, 0.25) is 0 Å². The first kappa shape index (κ1) is 11.1. The monoisotopic (exact) mass is 430 g/mol. The normalized spacial score (nSPS) is 10.9. The second-order valence-electron chi connectivity index (χ2n) is 2.80. The number of hydrogen-bond acceptors (Lipinski definition) is 3. The van der Waals surface area contributed by atoms with Crippen molar-refractivity contribution < 1.29 is 10.0 Å². The second-order valence-corrected chi connectivity index (χ2v) is 5.91. The van der Waals surface area contributed by atoms with Crippen molar-refractivity contribution >= 4 is 79.2 Å². The average molecular weight is 430 g/mol. The van der Waals surface area contributed by atoms with Crippen molar-refractivity contribution in [2.45, 2.75) is 0 Å². The fourth-order valence-corrected chi connectivity index (χ4v) is 3.78. The average Bonchev–Trinajstić information content (AvgIpc) is 2.58. The van der Waals surface area contributed by atoms with Gasteiger partial charge in [0.15, 0.2) is 0 Å². The summed E-state index contributed by atoms with van der Waals surface area (Å²) >= 11 is 5.99. The van der Waals surface area contributed by atoms with Gasteiger partial charge >= 0.3 is 7.12 Å². The van der Waals surface area contributed by atoms with Gasteiger partial charge in [0.25, 0.3) is 0 Å². The Labute approximate surface area is 113 Å². The van der Waals surface area contributed by atoms with E-state index in [0.29, 0.717) is 5.46 Å². The topological polar surface area (TPSA) is 40.5 Å². The maximum Gasteiger partial charge on any atom is 0.489 e. The number of thiophene rings is 1. The minimum Gasteiger partial charge on any atom is -0.423 e. The summed E-state index contributed by atoms with van der Waals surface area (Å²) in [5.41, 5.74) is 0.588. The molecule has 0 bridgehead atoms. The first-order valence-electron chi connectivity index (χ1n) is 3.82. The fraction of sp³-hybridized carbons (Fsp3) is 0. The van der Waals surface area contributed by atoms with Crippen LogP contribution in [-0.4, -0.2) is 17.2 Å². The van der Waals surface area contributed by atoms with Gasteiger partial charge in [-0.25, -0.2) is 0 Å². The molecule has 0 aliphatic heterocycles. The third-order valence-corrected chi connectivity index (χ3v) is 6.12. The van der Waals surface area contributed by atoms with Gasteiger partial charge < -0.3 is 10.0 Å². The molecule has 0 saturated carbocycles. The molecular weight excluding hydrogens is 425 g/mol. The molecule has 0 aliphatic rings. The molecule has 1 aromatic heterocycles. The molecule has 1 aromatic carbocycles. The highest BCUT2D eigenvalue weighted by atomic mass is 127. The SMILES string of the molecule is OB(O)c1cc2sccc2c(I)c1I. The molecule has 72 valence electrons. The van der Waals surface area contributed by atoms with Crippen LogP contribution >= 0.6 is 56.5 Å². The number of fused-ring (bicyclic) bond motifs is 1. The lowest BCUT2D eigenvalue weighted by atomic mass is 9.80. The van der Waals surface area contributed by atoms with Crippen LogP contribution in [0, 0.1) is 7.14 Å². The largest absolute Gasteiger partial charge is 0.489 e. The number of halogens is 2. The van der Waals surface area contributed by atoms with E-state index in [9.17, 15) is 10.0 Å². The van der Waals surface area contributed by atoms with Crippen molar-refractivity contribution in [3.05, 3.63) is 24.7 Å². The first-order valence-corrected chi connectivity index (χ1v) is 6.86. The molecule has 2 N–H and O–H groups in total. The molecule has 14 heavy (non-hydrogen) atoms. The van der Waals surface area contributed by atoms with Crippen LogP contribution in [0.15, 0.2) is 17.5 Å². The Kier molecular flexibility index (Phi) is 3.37. The zero-order valence-corrected chi connectivity index (χ0v) is 12.0. The minimum absolute atomic E-state index is 0.588. The summed E-state index contributed by atoms with van der Waals surface area (Å²) < 4.78 is 3.10. The standard InChI is InChI=1S/C8H5BI2O2S/c10-7-4-1-2-14-6(4)3-5(8(7)11)9(12)13/h1-3,12-13H.